The Kier molecular flexibility index (Phi) is 8.62. The number of carbonyl (C=O) groups is 2. The Morgan fingerprint density at radius 3 is 2.41 bits per heavy atom. The molecule has 0 radical (unpaired) electrons. The molecule has 3 amide bonds. The quantitative estimate of drug-likeness (QED) is 0.392. The van der Waals surface area contributed by atoms with E-state index in [4.69, 9.17) is 4.74 Å². The van der Waals surface area contributed by atoms with Crippen LogP contribution in [0.15, 0.2) is 54.7 Å². The molecule has 0 bridgehead atoms. The highest BCUT2D eigenvalue weighted by Gasteiger charge is 2.10. The molecule has 0 fully saturated rings. The van der Waals surface area contributed by atoms with Gasteiger partial charge in [-0.1, -0.05) is 31.5 Å². The number of hydrogen-bond acceptors (Lipinski definition) is 4. The fourth-order valence-corrected chi connectivity index (χ4v) is 3.45. The molecule has 34 heavy (non-hydrogen) atoms. The van der Waals surface area contributed by atoms with Gasteiger partial charge in [-0.25, -0.2) is 4.79 Å². The van der Waals surface area contributed by atoms with Gasteiger partial charge in [0.25, 0.3) is 5.91 Å². The van der Waals surface area contributed by atoms with Crippen molar-refractivity contribution in [3.05, 3.63) is 82.7 Å². The Labute approximate surface area is 201 Å². The zero-order chi connectivity index (χ0) is 24.5. The molecular weight excluding hydrogens is 428 g/mol. The highest BCUT2D eigenvalue weighted by molar-refractivity contribution is 5.92. The first-order valence-electron chi connectivity index (χ1n) is 11.5. The van der Waals surface area contributed by atoms with Crippen molar-refractivity contribution in [2.75, 3.05) is 12.4 Å². The van der Waals surface area contributed by atoms with Crippen molar-refractivity contribution < 1.29 is 14.3 Å². The normalized spacial score (nSPS) is 10.5. The van der Waals surface area contributed by atoms with Crippen LogP contribution in [0.25, 0.3) is 0 Å². The summed E-state index contributed by atoms with van der Waals surface area (Å²) in [6.45, 7) is 6.70. The Hall–Kier alpha value is -3.87. The molecule has 3 N–H and O–H groups in total. The zero-order valence-corrected chi connectivity index (χ0v) is 20.2. The van der Waals surface area contributed by atoms with Gasteiger partial charge in [-0.15, -0.1) is 0 Å². The summed E-state index contributed by atoms with van der Waals surface area (Å²) >= 11 is 0. The van der Waals surface area contributed by atoms with Gasteiger partial charge >= 0.3 is 6.03 Å². The van der Waals surface area contributed by atoms with Gasteiger partial charge in [-0.3, -0.25) is 9.78 Å². The molecule has 178 valence electrons. The summed E-state index contributed by atoms with van der Waals surface area (Å²) < 4.78 is 5.82. The second-order valence-corrected chi connectivity index (χ2v) is 8.21. The van der Waals surface area contributed by atoms with Crippen LogP contribution in [-0.2, 0) is 13.0 Å². The van der Waals surface area contributed by atoms with Crippen molar-refractivity contribution >= 4 is 17.6 Å². The monoisotopic (exact) mass is 460 g/mol. The minimum atomic E-state index is -0.275. The summed E-state index contributed by atoms with van der Waals surface area (Å²) in [5.41, 5.74) is 5.64. The molecule has 3 aromatic rings. The van der Waals surface area contributed by atoms with Gasteiger partial charge in [-0.05, 0) is 73.2 Å². The van der Waals surface area contributed by atoms with Crippen molar-refractivity contribution in [1.29, 1.82) is 0 Å². The van der Waals surface area contributed by atoms with Crippen LogP contribution in [0.4, 0.5) is 10.5 Å². The summed E-state index contributed by atoms with van der Waals surface area (Å²) in [5, 5.41) is 8.46. The highest BCUT2D eigenvalue weighted by Crippen LogP contribution is 2.24. The first-order chi connectivity index (χ1) is 16.4. The number of aryl methyl sites for hydroxylation is 3. The number of anilines is 1. The molecule has 7 nitrogen and oxygen atoms in total. The average molecular weight is 461 g/mol. The van der Waals surface area contributed by atoms with Gasteiger partial charge in [-0.2, -0.15) is 0 Å². The van der Waals surface area contributed by atoms with E-state index in [1.165, 1.54) is 11.8 Å². The largest absolute Gasteiger partial charge is 0.457 e. The van der Waals surface area contributed by atoms with Crippen LogP contribution in [-0.4, -0.2) is 24.0 Å². The van der Waals surface area contributed by atoms with E-state index in [0.717, 1.165) is 41.6 Å². The van der Waals surface area contributed by atoms with Crippen molar-refractivity contribution in [1.82, 2.24) is 15.6 Å². The van der Waals surface area contributed by atoms with Crippen molar-refractivity contribution in [3.8, 4) is 11.5 Å². The van der Waals surface area contributed by atoms with Crippen LogP contribution < -0.4 is 20.7 Å². The first kappa shape index (κ1) is 24.8. The summed E-state index contributed by atoms with van der Waals surface area (Å²) in [6.07, 6.45) is 4.66. The van der Waals surface area contributed by atoms with Gasteiger partial charge in [0.05, 0.1) is 0 Å². The van der Waals surface area contributed by atoms with Crippen LogP contribution in [0.2, 0.25) is 0 Å². The molecule has 0 unspecified atom stereocenters. The first-order valence-corrected chi connectivity index (χ1v) is 11.5. The summed E-state index contributed by atoms with van der Waals surface area (Å²) in [7, 11) is 1.55. The van der Waals surface area contributed by atoms with E-state index in [2.05, 4.69) is 47.8 Å². The lowest BCUT2D eigenvalue weighted by atomic mass is 10.00. The molecule has 7 heteroatoms. The number of amides is 3. The standard InChI is InChI=1S/C27H32N4O3/c1-5-6-7-21-14-18(2)19(3)15-24(21)31-27(33)30-17-20-8-10-22(11-9-20)34-23-12-13-29-25(16-23)26(32)28-4/h8-16H,5-7,17H2,1-4H3,(H,28,32)(H2,30,31,33). The predicted molar refractivity (Wildman–Crippen MR) is 135 cm³/mol. The SMILES string of the molecule is CCCCc1cc(C)c(C)cc1NC(=O)NCc1ccc(Oc2ccnc(C(=O)NC)c2)cc1. The van der Waals surface area contributed by atoms with Gasteiger partial charge in [0.2, 0.25) is 0 Å². The third kappa shape index (κ3) is 6.81. The molecule has 0 atom stereocenters. The molecule has 0 aliphatic carbocycles. The van der Waals surface area contributed by atoms with E-state index in [1.54, 1.807) is 19.2 Å². The summed E-state index contributed by atoms with van der Waals surface area (Å²) in [6, 6.07) is 14.7. The molecule has 1 heterocycles. The van der Waals surface area contributed by atoms with Gasteiger partial charge < -0.3 is 20.7 Å². The number of hydrogen-bond donors (Lipinski definition) is 3. The Balaban J connectivity index is 1.57. The number of urea groups is 1. The third-order valence-corrected chi connectivity index (χ3v) is 5.57. The van der Waals surface area contributed by atoms with E-state index < -0.39 is 0 Å². The third-order valence-electron chi connectivity index (χ3n) is 5.57. The molecular formula is C27H32N4O3. The van der Waals surface area contributed by atoms with Crippen molar-refractivity contribution in [3.63, 3.8) is 0 Å². The number of carbonyl (C=O) groups excluding carboxylic acids is 2. The van der Waals surface area contributed by atoms with E-state index in [9.17, 15) is 9.59 Å². The van der Waals surface area contributed by atoms with Gasteiger partial charge in [0.15, 0.2) is 0 Å². The summed E-state index contributed by atoms with van der Waals surface area (Å²) in [4.78, 5) is 28.3. The number of nitrogens with one attached hydrogen (secondary N) is 3. The van der Waals surface area contributed by atoms with E-state index in [-0.39, 0.29) is 17.6 Å². The fraction of sp³-hybridized carbons (Fsp3) is 0.296. The molecule has 0 saturated heterocycles. The number of unbranched alkanes of at least 4 members (excludes halogenated alkanes) is 1. The molecule has 0 saturated carbocycles. The molecule has 2 aromatic carbocycles. The van der Waals surface area contributed by atoms with Crippen LogP contribution >= 0.6 is 0 Å². The lowest BCUT2D eigenvalue weighted by molar-refractivity contribution is 0.0958. The van der Waals surface area contributed by atoms with Crippen LogP contribution in [0.1, 0.15) is 52.5 Å². The Morgan fingerprint density at radius 2 is 1.71 bits per heavy atom. The molecule has 0 aliphatic rings. The number of ether oxygens (including phenoxy) is 1. The predicted octanol–water partition coefficient (Wildman–Crippen LogP) is 5.51. The molecule has 1 aromatic heterocycles. The minimum Gasteiger partial charge on any atom is -0.457 e. The number of benzene rings is 2. The van der Waals surface area contributed by atoms with Gasteiger partial charge in [0.1, 0.15) is 17.2 Å². The van der Waals surface area contributed by atoms with Gasteiger partial charge in [0, 0.05) is 31.5 Å². The number of rotatable bonds is 9. The fourth-order valence-electron chi connectivity index (χ4n) is 3.45. The van der Waals surface area contributed by atoms with Crippen LogP contribution in [0, 0.1) is 13.8 Å². The maximum Gasteiger partial charge on any atom is 0.319 e. The number of pyridine rings is 1. The minimum absolute atomic E-state index is 0.236. The second-order valence-electron chi connectivity index (χ2n) is 8.21. The molecule has 0 spiro atoms. The second kappa shape index (κ2) is 11.8. The smallest absolute Gasteiger partial charge is 0.319 e. The zero-order valence-electron chi connectivity index (χ0n) is 20.2. The number of nitrogens with zero attached hydrogens (tertiary/aromatic N) is 1. The van der Waals surface area contributed by atoms with E-state index in [0.29, 0.717) is 18.0 Å². The Morgan fingerprint density at radius 1 is 0.971 bits per heavy atom. The van der Waals surface area contributed by atoms with Crippen LogP contribution in [0.3, 0.4) is 0 Å². The topological polar surface area (TPSA) is 92.3 Å². The lowest BCUT2D eigenvalue weighted by Gasteiger charge is -2.15. The Bertz CT molecular complexity index is 1140. The van der Waals surface area contributed by atoms with E-state index >= 15 is 0 Å². The molecule has 0 aliphatic heterocycles. The maximum atomic E-state index is 12.5. The lowest BCUT2D eigenvalue weighted by Crippen LogP contribution is -2.28. The van der Waals surface area contributed by atoms with E-state index in [1.807, 2.05) is 30.3 Å². The maximum absolute atomic E-state index is 12.5. The van der Waals surface area contributed by atoms with Crippen molar-refractivity contribution in [2.45, 2.75) is 46.6 Å². The van der Waals surface area contributed by atoms with Crippen LogP contribution in [0.5, 0.6) is 11.5 Å². The van der Waals surface area contributed by atoms with Crippen molar-refractivity contribution in [2.24, 2.45) is 0 Å². The number of aromatic nitrogens is 1. The summed E-state index contributed by atoms with van der Waals surface area (Å²) in [5.74, 6) is 0.868. The average Bonchev–Trinajstić information content (AvgIpc) is 2.84. The molecule has 3 rings (SSSR count). The highest BCUT2D eigenvalue weighted by atomic mass is 16.5.